The summed E-state index contributed by atoms with van der Waals surface area (Å²) in [7, 11) is -2.45. The summed E-state index contributed by atoms with van der Waals surface area (Å²) in [6.07, 6.45) is 3.19. The van der Waals surface area contributed by atoms with Gasteiger partial charge in [0.15, 0.2) is 0 Å². The first-order valence-corrected chi connectivity index (χ1v) is 12.0. The molecule has 0 aliphatic carbocycles. The van der Waals surface area contributed by atoms with Crippen LogP contribution in [0, 0.1) is 0 Å². The Labute approximate surface area is 188 Å². The van der Waals surface area contributed by atoms with Gasteiger partial charge in [-0.3, -0.25) is 9.59 Å². The van der Waals surface area contributed by atoms with Gasteiger partial charge >= 0.3 is 0 Å². The molecule has 0 atom stereocenters. The van der Waals surface area contributed by atoms with E-state index in [1.165, 1.54) is 31.3 Å². The minimum atomic E-state index is -3.80. The SMILES string of the molecule is CN(CC(=O)NCc1cccc(C(=O)N2CCCCC2)c1)S(=O)(=O)c1ccc(Cl)cc1. The minimum Gasteiger partial charge on any atom is -0.351 e. The molecule has 0 spiro atoms. The Bertz CT molecular complexity index is 1030. The van der Waals surface area contributed by atoms with Crippen LogP contribution in [0.3, 0.4) is 0 Å². The largest absolute Gasteiger partial charge is 0.351 e. The van der Waals surface area contributed by atoms with Gasteiger partial charge in [0, 0.05) is 37.3 Å². The molecule has 31 heavy (non-hydrogen) atoms. The molecule has 0 radical (unpaired) electrons. The first-order valence-electron chi connectivity index (χ1n) is 10.1. The molecule has 1 N–H and O–H groups in total. The van der Waals surface area contributed by atoms with Gasteiger partial charge in [0.05, 0.1) is 11.4 Å². The lowest BCUT2D eigenvalue weighted by Crippen LogP contribution is -2.38. The van der Waals surface area contributed by atoms with Gasteiger partial charge < -0.3 is 10.2 Å². The van der Waals surface area contributed by atoms with Crippen molar-refractivity contribution in [2.45, 2.75) is 30.7 Å². The van der Waals surface area contributed by atoms with Crippen molar-refractivity contribution in [3.8, 4) is 0 Å². The second-order valence-electron chi connectivity index (χ2n) is 7.54. The minimum absolute atomic E-state index is 0.00154. The molecule has 1 aliphatic heterocycles. The molecule has 2 amide bonds. The maximum Gasteiger partial charge on any atom is 0.253 e. The van der Waals surface area contributed by atoms with Crippen LogP contribution < -0.4 is 5.32 Å². The molecule has 0 unspecified atom stereocenters. The lowest BCUT2D eigenvalue weighted by atomic mass is 10.1. The summed E-state index contributed by atoms with van der Waals surface area (Å²) >= 11 is 5.80. The summed E-state index contributed by atoms with van der Waals surface area (Å²) in [5.74, 6) is -0.436. The molecule has 0 saturated carbocycles. The number of benzene rings is 2. The van der Waals surface area contributed by atoms with Crippen molar-refractivity contribution in [3.05, 3.63) is 64.7 Å². The number of halogens is 1. The Hall–Kier alpha value is -2.42. The molecule has 0 aromatic heterocycles. The zero-order chi connectivity index (χ0) is 22.4. The van der Waals surface area contributed by atoms with Gasteiger partial charge in [-0.25, -0.2) is 8.42 Å². The molecule has 1 fully saturated rings. The monoisotopic (exact) mass is 463 g/mol. The van der Waals surface area contributed by atoms with Crippen molar-refractivity contribution in [3.63, 3.8) is 0 Å². The van der Waals surface area contributed by atoms with E-state index in [9.17, 15) is 18.0 Å². The van der Waals surface area contributed by atoms with Gasteiger partial charge in [-0.2, -0.15) is 4.31 Å². The summed E-state index contributed by atoms with van der Waals surface area (Å²) in [5, 5.41) is 3.15. The number of sulfonamides is 1. The number of nitrogens with one attached hydrogen (secondary N) is 1. The maximum absolute atomic E-state index is 12.7. The Morgan fingerprint density at radius 3 is 2.42 bits per heavy atom. The van der Waals surface area contributed by atoms with Crippen molar-refractivity contribution in [2.24, 2.45) is 0 Å². The van der Waals surface area contributed by atoms with E-state index < -0.39 is 15.9 Å². The molecule has 0 bridgehead atoms. The van der Waals surface area contributed by atoms with E-state index in [1.807, 2.05) is 11.0 Å². The predicted octanol–water partition coefficient (Wildman–Crippen LogP) is 2.90. The Morgan fingerprint density at radius 2 is 1.74 bits per heavy atom. The molecular formula is C22H26ClN3O4S. The number of amides is 2. The van der Waals surface area contributed by atoms with Crippen LogP contribution in [0.2, 0.25) is 5.02 Å². The highest BCUT2D eigenvalue weighted by atomic mass is 35.5. The fourth-order valence-corrected chi connectivity index (χ4v) is 4.68. The Morgan fingerprint density at radius 1 is 1.06 bits per heavy atom. The lowest BCUT2D eigenvalue weighted by Gasteiger charge is -2.26. The second-order valence-corrected chi connectivity index (χ2v) is 10.0. The summed E-state index contributed by atoms with van der Waals surface area (Å²) in [5.41, 5.74) is 1.37. The van der Waals surface area contributed by atoms with Crippen molar-refractivity contribution < 1.29 is 18.0 Å². The number of hydrogen-bond acceptors (Lipinski definition) is 4. The van der Waals surface area contributed by atoms with Gasteiger partial charge in [-0.05, 0) is 61.2 Å². The third kappa shape index (κ3) is 6.06. The predicted molar refractivity (Wildman–Crippen MR) is 119 cm³/mol. The Balaban J connectivity index is 1.56. The average Bonchev–Trinajstić information content (AvgIpc) is 2.78. The molecular weight excluding hydrogens is 438 g/mol. The first-order chi connectivity index (χ1) is 14.8. The highest BCUT2D eigenvalue weighted by Gasteiger charge is 2.23. The highest BCUT2D eigenvalue weighted by Crippen LogP contribution is 2.17. The van der Waals surface area contributed by atoms with Gasteiger partial charge in [0.25, 0.3) is 5.91 Å². The molecule has 2 aromatic carbocycles. The van der Waals surface area contributed by atoms with Crippen LogP contribution >= 0.6 is 11.6 Å². The highest BCUT2D eigenvalue weighted by molar-refractivity contribution is 7.89. The molecule has 2 aromatic rings. The zero-order valence-electron chi connectivity index (χ0n) is 17.4. The van der Waals surface area contributed by atoms with Crippen LogP contribution in [0.5, 0.6) is 0 Å². The standard InChI is InChI=1S/C22H26ClN3O4S/c1-25(31(29,30)20-10-8-19(23)9-11-20)16-21(27)24-15-17-6-5-7-18(14-17)22(28)26-12-3-2-4-13-26/h5-11,14H,2-4,12-13,15-16H2,1H3,(H,24,27). The third-order valence-corrected chi connectivity index (χ3v) is 7.26. The number of carbonyl (C=O) groups excluding carboxylic acids is 2. The van der Waals surface area contributed by atoms with Crippen LogP contribution in [-0.2, 0) is 21.4 Å². The van der Waals surface area contributed by atoms with E-state index in [2.05, 4.69) is 5.32 Å². The van der Waals surface area contributed by atoms with Crippen LogP contribution in [0.25, 0.3) is 0 Å². The second kappa shape index (κ2) is 10.3. The molecule has 3 rings (SSSR count). The van der Waals surface area contributed by atoms with Gasteiger partial charge in [-0.15, -0.1) is 0 Å². The summed E-state index contributed by atoms with van der Waals surface area (Å²) in [6, 6.07) is 12.9. The van der Waals surface area contributed by atoms with Gasteiger partial charge in [0.1, 0.15) is 0 Å². The van der Waals surface area contributed by atoms with Crippen LogP contribution in [0.1, 0.15) is 35.2 Å². The van der Waals surface area contributed by atoms with E-state index in [0.717, 1.165) is 42.2 Å². The summed E-state index contributed by atoms with van der Waals surface area (Å²) < 4.78 is 26.2. The average molecular weight is 464 g/mol. The normalized spacial score (nSPS) is 14.5. The number of hydrogen-bond donors (Lipinski definition) is 1. The molecule has 9 heteroatoms. The van der Waals surface area contributed by atoms with Crippen molar-refractivity contribution in [2.75, 3.05) is 26.7 Å². The fourth-order valence-electron chi connectivity index (χ4n) is 3.42. The van der Waals surface area contributed by atoms with Crippen molar-refractivity contribution in [1.29, 1.82) is 0 Å². The molecule has 1 heterocycles. The maximum atomic E-state index is 12.7. The van der Waals surface area contributed by atoms with Crippen LogP contribution in [0.15, 0.2) is 53.4 Å². The van der Waals surface area contributed by atoms with Crippen LogP contribution in [-0.4, -0.2) is 56.1 Å². The topological polar surface area (TPSA) is 86.8 Å². The van der Waals surface area contributed by atoms with E-state index in [-0.39, 0.29) is 23.9 Å². The Kier molecular flexibility index (Phi) is 7.69. The number of piperidine rings is 1. The molecule has 1 saturated heterocycles. The quantitative estimate of drug-likeness (QED) is 0.684. The number of carbonyl (C=O) groups is 2. The number of rotatable bonds is 7. The van der Waals surface area contributed by atoms with Crippen molar-refractivity contribution >= 4 is 33.4 Å². The smallest absolute Gasteiger partial charge is 0.253 e. The van der Waals surface area contributed by atoms with E-state index >= 15 is 0 Å². The lowest BCUT2D eigenvalue weighted by molar-refractivity contribution is -0.121. The van der Waals surface area contributed by atoms with Crippen molar-refractivity contribution in [1.82, 2.24) is 14.5 Å². The zero-order valence-corrected chi connectivity index (χ0v) is 19.0. The van der Waals surface area contributed by atoms with E-state index in [0.29, 0.717) is 10.6 Å². The summed E-state index contributed by atoms with van der Waals surface area (Å²) in [4.78, 5) is 26.9. The van der Waals surface area contributed by atoms with Crippen LogP contribution in [0.4, 0.5) is 0 Å². The molecule has 7 nitrogen and oxygen atoms in total. The number of likely N-dealkylation sites (N-methyl/N-ethyl adjacent to an activating group) is 1. The summed E-state index contributed by atoms with van der Waals surface area (Å²) in [6.45, 7) is 1.43. The number of likely N-dealkylation sites (tertiary alicyclic amines) is 1. The van der Waals surface area contributed by atoms with E-state index in [1.54, 1.807) is 18.2 Å². The third-order valence-electron chi connectivity index (χ3n) is 5.19. The fraction of sp³-hybridized carbons (Fsp3) is 0.364. The molecule has 166 valence electrons. The molecule has 1 aliphatic rings. The van der Waals surface area contributed by atoms with Gasteiger partial charge in [-0.1, -0.05) is 23.7 Å². The van der Waals surface area contributed by atoms with E-state index in [4.69, 9.17) is 11.6 Å². The first kappa shape index (κ1) is 23.2. The number of nitrogens with zero attached hydrogens (tertiary/aromatic N) is 2. The van der Waals surface area contributed by atoms with Gasteiger partial charge in [0.2, 0.25) is 15.9 Å².